The number of likely N-dealkylation sites (N-methyl/N-ethyl adjacent to an activating group) is 1. The molecule has 3 aliphatic rings. The van der Waals surface area contributed by atoms with E-state index >= 15 is 0 Å². The lowest BCUT2D eigenvalue weighted by Crippen LogP contribution is -2.62. The Balaban J connectivity index is 2.00. The van der Waals surface area contributed by atoms with Gasteiger partial charge < -0.3 is 106 Å². The van der Waals surface area contributed by atoms with Crippen LogP contribution in [0, 0.1) is 17.8 Å². The number of esters is 1. The summed E-state index contributed by atoms with van der Waals surface area (Å²) in [4.78, 5) is 27.9. The van der Waals surface area contributed by atoms with Crippen molar-refractivity contribution in [2.75, 3.05) is 20.2 Å². The number of hydrogen-bond donors (Lipinski definition) is 16. The lowest BCUT2D eigenvalue weighted by Gasteiger charge is -2.47. The maximum Gasteiger partial charge on any atom is 0.308 e. The van der Waals surface area contributed by atoms with Gasteiger partial charge in [-0.2, -0.15) is 0 Å². The average Bonchev–Trinajstić information content (AvgIpc) is 3.36. The molecule has 0 aromatic heterocycles. The molecule has 17 N–H and O–H groups in total. The standard InChI is InChI=1S/C54H88N2O21/c1-30-18-16-14-12-10-8-6-7-9-11-13-15-17-19-37(76-53-51(71)46(55)48(68)33(4)75-53)25-43-45(52(72)56(5)28-41(64)49(69)50(70)42(65)29-57)40(63)27-54(73,77-43)26-39(62)38(61)21-20-34(58)22-35(59)23-36(60)24-44(66)74-32(3)31(2)47(30)67/h6-19,30-43,45-51,53,57-65,67-71,73H,20-29,55H2,1-5H3/b7-6-,10-8-,11-9-,14-12-,15-13-,18-16-,19-17+/t30-,31-,32-,33-,34+,35+,36+,37-,38+,39+,40-,41?,42?,43-,45+,46+,47+,48-,49?,50?,51+,53+,54+/m0/s1. The summed E-state index contributed by atoms with van der Waals surface area (Å²) in [6.07, 6.45) is -6.16. The molecule has 0 saturated carbocycles. The molecule has 3 aliphatic heterocycles. The van der Waals surface area contributed by atoms with Crippen molar-refractivity contribution < 1.29 is 105 Å². The summed E-state index contributed by atoms with van der Waals surface area (Å²) in [7, 11) is 1.19. The highest BCUT2D eigenvalue weighted by molar-refractivity contribution is 5.80. The minimum Gasteiger partial charge on any atom is -0.462 e. The number of allylic oxidation sites excluding steroid dienone is 12. The van der Waals surface area contributed by atoms with E-state index in [2.05, 4.69) is 0 Å². The number of aliphatic hydroxyl groups excluding tert-OH is 14. The van der Waals surface area contributed by atoms with Crippen LogP contribution < -0.4 is 5.73 Å². The second-order valence-corrected chi connectivity index (χ2v) is 20.7. The molecular formula is C54H88N2O21. The molecule has 2 fully saturated rings. The van der Waals surface area contributed by atoms with Crippen molar-refractivity contribution in [1.82, 2.24) is 4.90 Å². The van der Waals surface area contributed by atoms with Crippen LogP contribution in [0.3, 0.4) is 0 Å². The SMILES string of the molecule is C[C@@H]1[C@H](O)[C@@H](C)\C=C/C=C\C=C/C=C\C=C/C=C\C=C\[C@H](O[C@H]2O[C@@H](C)[C@H](O)[C@@H](N)[C@H]2O)C[C@@H]2O[C@](O)(C[C@@H](O)[C@H](O)CC[C@@H](O)C[C@@H](O)C[C@@H](O)CC(=O)O[C@H]1C)C[C@H](O)[C@H]2C(=O)N(C)CC(O)C(O)C(O)C(O)CO. The first-order chi connectivity index (χ1) is 36.2. The van der Waals surface area contributed by atoms with E-state index < -0.39 is 184 Å². The van der Waals surface area contributed by atoms with E-state index in [9.17, 15) is 86.2 Å². The third-order valence-corrected chi connectivity index (χ3v) is 14.2. The highest BCUT2D eigenvalue weighted by Crippen LogP contribution is 2.39. The minimum absolute atomic E-state index is 0.198. The lowest BCUT2D eigenvalue weighted by atomic mass is 9.81. The Morgan fingerprint density at radius 1 is 0.688 bits per heavy atom. The maximum absolute atomic E-state index is 14.3. The molecular weight excluding hydrogens is 1010 g/mol. The van der Waals surface area contributed by atoms with E-state index in [0.717, 1.165) is 4.90 Å². The predicted molar refractivity (Wildman–Crippen MR) is 278 cm³/mol. The first kappa shape index (κ1) is 67.6. The van der Waals surface area contributed by atoms with Crippen LogP contribution in [0.25, 0.3) is 0 Å². The fraction of sp³-hybridized carbons (Fsp3) is 0.704. The lowest BCUT2D eigenvalue weighted by molar-refractivity contribution is -0.309. The number of fused-ring (bicyclic) bond motifs is 2. The van der Waals surface area contributed by atoms with Gasteiger partial charge in [0.05, 0.1) is 92.1 Å². The zero-order valence-electron chi connectivity index (χ0n) is 44.5. The Morgan fingerprint density at radius 2 is 1.22 bits per heavy atom. The Hall–Kier alpha value is -3.64. The van der Waals surface area contributed by atoms with E-state index in [1.807, 2.05) is 6.92 Å². The molecule has 0 aliphatic carbocycles. The molecule has 2 saturated heterocycles. The van der Waals surface area contributed by atoms with Gasteiger partial charge in [0.15, 0.2) is 12.1 Å². The number of carbonyl (C=O) groups excluding carboxylic acids is 2. The van der Waals surface area contributed by atoms with Crippen molar-refractivity contribution in [3.8, 4) is 0 Å². The maximum atomic E-state index is 14.3. The second kappa shape index (κ2) is 33.2. The number of aliphatic hydroxyl groups is 15. The van der Waals surface area contributed by atoms with E-state index in [4.69, 9.17) is 24.7 Å². The highest BCUT2D eigenvalue weighted by Gasteiger charge is 2.52. The van der Waals surface area contributed by atoms with Crippen LogP contribution >= 0.6 is 0 Å². The number of hydrogen-bond acceptors (Lipinski definition) is 22. The molecule has 77 heavy (non-hydrogen) atoms. The zero-order chi connectivity index (χ0) is 57.7. The van der Waals surface area contributed by atoms with Crippen LogP contribution in [0.4, 0.5) is 0 Å². The van der Waals surface area contributed by atoms with Gasteiger partial charge in [-0.1, -0.05) is 98.9 Å². The number of nitrogens with two attached hydrogens (primary N) is 1. The zero-order valence-corrected chi connectivity index (χ0v) is 44.5. The summed E-state index contributed by atoms with van der Waals surface area (Å²) in [5.41, 5.74) is 6.10. The Kier molecular flexibility index (Phi) is 29.2. The summed E-state index contributed by atoms with van der Waals surface area (Å²) < 4.78 is 23.6. The largest absolute Gasteiger partial charge is 0.462 e. The van der Waals surface area contributed by atoms with Gasteiger partial charge in [-0.25, -0.2) is 0 Å². The van der Waals surface area contributed by atoms with E-state index in [1.54, 1.807) is 92.8 Å². The van der Waals surface area contributed by atoms with Crippen LogP contribution in [0.5, 0.6) is 0 Å². The fourth-order valence-corrected chi connectivity index (χ4v) is 9.25. The number of carbonyl (C=O) groups is 2. The van der Waals surface area contributed by atoms with Crippen molar-refractivity contribution in [2.24, 2.45) is 23.5 Å². The molecule has 2 bridgehead atoms. The molecule has 4 unspecified atom stereocenters. The van der Waals surface area contributed by atoms with Crippen LogP contribution in [-0.4, -0.2) is 235 Å². The van der Waals surface area contributed by atoms with Gasteiger partial charge >= 0.3 is 5.97 Å². The molecule has 0 radical (unpaired) electrons. The van der Waals surface area contributed by atoms with Crippen LogP contribution in [0.15, 0.2) is 85.1 Å². The van der Waals surface area contributed by atoms with E-state index in [1.165, 1.54) is 20.0 Å². The van der Waals surface area contributed by atoms with Crippen molar-refractivity contribution in [2.45, 2.75) is 201 Å². The summed E-state index contributed by atoms with van der Waals surface area (Å²) >= 11 is 0. The second-order valence-electron chi connectivity index (χ2n) is 20.7. The first-order valence-electron chi connectivity index (χ1n) is 26.2. The third kappa shape index (κ3) is 22.1. The van der Waals surface area contributed by atoms with Crippen molar-refractivity contribution >= 4 is 11.9 Å². The Labute approximate surface area is 450 Å². The topological polar surface area (TPSA) is 404 Å². The number of cyclic esters (lactones) is 1. The molecule has 3 rings (SSSR count). The van der Waals surface area contributed by atoms with E-state index in [-0.39, 0.29) is 31.6 Å². The number of rotatable bonds is 9. The molecule has 440 valence electrons. The quantitative estimate of drug-likeness (QED) is 0.106. The molecule has 1 amide bonds. The van der Waals surface area contributed by atoms with Gasteiger partial charge in [0, 0.05) is 44.7 Å². The van der Waals surface area contributed by atoms with Gasteiger partial charge in [-0.05, 0) is 39.5 Å². The van der Waals surface area contributed by atoms with Crippen molar-refractivity contribution in [3.63, 3.8) is 0 Å². The highest BCUT2D eigenvalue weighted by atomic mass is 16.7. The Morgan fingerprint density at radius 3 is 1.81 bits per heavy atom. The predicted octanol–water partition coefficient (Wildman–Crippen LogP) is -2.48. The Bertz CT molecular complexity index is 1970. The van der Waals surface area contributed by atoms with E-state index in [0.29, 0.717) is 0 Å². The van der Waals surface area contributed by atoms with Gasteiger partial charge in [-0.3, -0.25) is 9.59 Å². The summed E-state index contributed by atoms with van der Waals surface area (Å²) in [6.45, 7) is 5.01. The summed E-state index contributed by atoms with van der Waals surface area (Å²) in [5, 5.41) is 161. The smallest absolute Gasteiger partial charge is 0.308 e. The number of amides is 1. The van der Waals surface area contributed by atoms with Gasteiger partial charge in [-0.15, -0.1) is 0 Å². The average molecular weight is 1100 g/mol. The van der Waals surface area contributed by atoms with Gasteiger partial charge in [0.25, 0.3) is 0 Å². The molecule has 23 heteroatoms. The molecule has 23 nitrogen and oxygen atoms in total. The third-order valence-electron chi connectivity index (χ3n) is 14.2. The van der Waals surface area contributed by atoms with Crippen molar-refractivity contribution in [3.05, 3.63) is 85.1 Å². The van der Waals surface area contributed by atoms with Crippen molar-refractivity contribution in [1.29, 1.82) is 0 Å². The van der Waals surface area contributed by atoms with Gasteiger partial charge in [0.1, 0.15) is 36.6 Å². The van der Waals surface area contributed by atoms with Gasteiger partial charge in [0.2, 0.25) is 5.91 Å². The molecule has 0 aromatic rings. The minimum atomic E-state index is -2.48. The van der Waals surface area contributed by atoms with Crippen LogP contribution in [-0.2, 0) is 28.5 Å². The van der Waals surface area contributed by atoms with Crippen LogP contribution in [0.2, 0.25) is 0 Å². The first-order valence-corrected chi connectivity index (χ1v) is 26.2. The monoisotopic (exact) mass is 1100 g/mol. The molecule has 0 spiro atoms. The molecule has 23 atom stereocenters. The molecule has 3 heterocycles. The normalized spacial score (nSPS) is 42.0. The number of nitrogens with zero attached hydrogens (tertiary/aromatic N) is 1. The summed E-state index contributed by atoms with van der Waals surface area (Å²) in [6, 6.07) is -1.22. The molecule has 0 aromatic carbocycles. The summed E-state index contributed by atoms with van der Waals surface area (Å²) in [5.74, 6) is -6.57. The van der Waals surface area contributed by atoms with Crippen LogP contribution in [0.1, 0.15) is 79.1 Å². The fourth-order valence-electron chi connectivity index (χ4n) is 9.25. The number of ether oxygens (including phenoxy) is 4.